The molecular weight excluding hydrogens is 213 g/mol. The number of esters is 1. The molecule has 16 heavy (non-hydrogen) atoms. The van der Waals surface area contributed by atoms with Gasteiger partial charge in [0, 0.05) is 0 Å². The second kappa shape index (κ2) is 5.25. The van der Waals surface area contributed by atoms with Crippen LogP contribution in [0.2, 0.25) is 0 Å². The highest BCUT2D eigenvalue weighted by atomic mass is 19.1. The topological polar surface area (TPSA) is 69.4 Å². The summed E-state index contributed by atoms with van der Waals surface area (Å²) in [5, 5.41) is 0. The third-order valence-electron chi connectivity index (χ3n) is 1.97. The zero-order valence-corrected chi connectivity index (χ0v) is 8.77. The van der Waals surface area contributed by atoms with E-state index in [1.165, 1.54) is 31.2 Å². The Morgan fingerprint density at radius 1 is 1.38 bits per heavy atom. The molecular formula is C11H12FNO3. The maximum Gasteiger partial charge on any atom is 0.311 e. The van der Waals surface area contributed by atoms with Crippen LogP contribution in [0.5, 0.6) is 0 Å². The van der Waals surface area contributed by atoms with Crippen molar-refractivity contribution in [3.63, 3.8) is 0 Å². The van der Waals surface area contributed by atoms with Gasteiger partial charge in [-0.15, -0.1) is 0 Å². The quantitative estimate of drug-likeness (QED) is 0.770. The highest BCUT2D eigenvalue weighted by Crippen LogP contribution is 2.05. The summed E-state index contributed by atoms with van der Waals surface area (Å²) >= 11 is 0. The first-order chi connectivity index (χ1) is 7.49. The number of benzene rings is 1. The maximum atomic E-state index is 12.6. The maximum absolute atomic E-state index is 12.6. The first-order valence-electron chi connectivity index (χ1n) is 4.72. The molecule has 0 saturated heterocycles. The van der Waals surface area contributed by atoms with E-state index in [1.807, 2.05) is 0 Å². The van der Waals surface area contributed by atoms with Crippen LogP contribution in [0.15, 0.2) is 24.3 Å². The monoisotopic (exact) mass is 225 g/mol. The van der Waals surface area contributed by atoms with E-state index in [1.54, 1.807) is 0 Å². The Kier molecular flexibility index (Phi) is 3.99. The van der Waals surface area contributed by atoms with Gasteiger partial charge in [0.15, 0.2) is 6.10 Å². The minimum Gasteiger partial charge on any atom is -0.452 e. The van der Waals surface area contributed by atoms with Crippen molar-refractivity contribution in [1.82, 2.24) is 0 Å². The molecule has 0 fully saturated rings. The number of carbonyl (C=O) groups is 2. The number of amides is 1. The van der Waals surface area contributed by atoms with Gasteiger partial charge in [-0.25, -0.2) is 4.39 Å². The fraction of sp³-hybridized carbons (Fsp3) is 0.273. The van der Waals surface area contributed by atoms with Gasteiger partial charge in [0.25, 0.3) is 5.91 Å². The van der Waals surface area contributed by atoms with E-state index in [9.17, 15) is 14.0 Å². The predicted octanol–water partition coefficient (Wildman–Crippen LogP) is 0.785. The summed E-state index contributed by atoms with van der Waals surface area (Å²) in [6, 6.07) is 5.46. The molecule has 1 atom stereocenters. The summed E-state index contributed by atoms with van der Waals surface area (Å²) in [6.07, 6.45) is -0.967. The van der Waals surface area contributed by atoms with Gasteiger partial charge in [0.1, 0.15) is 5.82 Å². The Bertz CT molecular complexity index is 389. The van der Waals surface area contributed by atoms with Gasteiger partial charge >= 0.3 is 5.97 Å². The minimum atomic E-state index is -0.951. The number of primary amides is 1. The molecule has 0 bridgehead atoms. The van der Waals surface area contributed by atoms with Crippen molar-refractivity contribution in [2.45, 2.75) is 19.4 Å². The van der Waals surface area contributed by atoms with Gasteiger partial charge in [-0.2, -0.15) is 0 Å². The normalized spacial score (nSPS) is 11.9. The van der Waals surface area contributed by atoms with Gasteiger partial charge < -0.3 is 10.5 Å². The van der Waals surface area contributed by atoms with Crippen molar-refractivity contribution in [2.24, 2.45) is 5.73 Å². The molecule has 0 aliphatic rings. The van der Waals surface area contributed by atoms with Crippen LogP contribution in [0.1, 0.15) is 12.5 Å². The van der Waals surface area contributed by atoms with Crippen molar-refractivity contribution < 1.29 is 18.7 Å². The summed E-state index contributed by atoms with van der Waals surface area (Å²) in [4.78, 5) is 21.9. The number of nitrogens with two attached hydrogens (primary N) is 1. The standard InChI is InChI=1S/C11H12FNO3/c1-7(11(13)15)16-10(14)6-8-2-4-9(12)5-3-8/h2-5,7H,6H2,1H3,(H2,13,15). The van der Waals surface area contributed by atoms with Gasteiger partial charge in [0.05, 0.1) is 6.42 Å². The fourth-order valence-corrected chi connectivity index (χ4v) is 1.07. The highest BCUT2D eigenvalue weighted by molar-refractivity contribution is 5.82. The van der Waals surface area contributed by atoms with Crippen molar-refractivity contribution >= 4 is 11.9 Å². The van der Waals surface area contributed by atoms with Crippen molar-refractivity contribution in [3.05, 3.63) is 35.6 Å². The van der Waals surface area contributed by atoms with E-state index in [0.717, 1.165) is 0 Å². The van der Waals surface area contributed by atoms with Crippen LogP contribution in [-0.4, -0.2) is 18.0 Å². The number of carbonyl (C=O) groups excluding carboxylic acids is 2. The number of ether oxygens (including phenoxy) is 1. The summed E-state index contributed by atoms with van der Waals surface area (Å²) in [7, 11) is 0. The first kappa shape index (κ1) is 12.2. The molecule has 0 aromatic heterocycles. The molecule has 5 heteroatoms. The lowest BCUT2D eigenvalue weighted by Crippen LogP contribution is -2.30. The van der Waals surface area contributed by atoms with E-state index in [-0.39, 0.29) is 12.2 Å². The minimum absolute atomic E-state index is 0.0160. The van der Waals surface area contributed by atoms with Crippen LogP contribution in [0.3, 0.4) is 0 Å². The molecule has 0 spiro atoms. The molecule has 1 unspecified atom stereocenters. The van der Waals surface area contributed by atoms with E-state index in [2.05, 4.69) is 0 Å². The largest absolute Gasteiger partial charge is 0.452 e. The molecule has 0 radical (unpaired) electrons. The molecule has 0 aliphatic heterocycles. The molecule has 1 rings (SSSR count). The number of hydrogen-bond acceptors (Lipinski definition) is 3. The zero-order chi connectivity index (χ0) is 12.1. The van der Waals surface area contributed by atoms with E-state index in [4.69, 9.17) is 10.5 Å². The SMILES string of the molecule is CC(OC(=O)Cc1ccc(F)cc1)C(N)=O. The predicted molar refractivity (Wildman–Crippen MR) is 54.9 cm³/mol. The van der Waals surface area contributed by atoms with Crippen LogP contribution < -0.4 is 5.73 Å². The molecule has 1 aromatic carbocycles. The van der Waals surface area contributed by atoms with Gasteiger partial charge in [-0.3, -0.25) is 9.59 Å². The van der Waals surface area contributed by atoms with E-state index < -0.39 is 18.0 Å². The number of rotatable bonds is 4. The third kappa shape index (κ3) is 3.68. The fourth-order valence-electron chi connectivity index (χ4n) is 1.07. The lowest BCUT2D eigenvalue weighted by Gasteiger charge is -2.09. The van der Waals surface area contributed by atoms with Crippen LogP contribution in [-0.2, 0) is 20.7 Å². The molecule has 86 valence electrons. The Balaban J connectivity index is 2.52. The number of halogens is 1. The smallest absolute Gasteiger partial charge is 0.311 e. The Labute approximate surface area is 92.2 Å². The van der Waals surface area contributed by atoms with Crippen molar-refractivity contribution in [2.75, 3.05) is 0 Å². The first-order valence-corrected chi connectivity index (χ1v) is 4.72. The number of hydrogen-bond donors (Lipinski definition) is 1. The molecule has 0 heterocycles. The van der Waals surface area contributed by atoms with Crippen LogP contribution in [0.25, 0.3) is 0 Å². The molecule has 0 saturated carbocycles. The summed E-state index contributed by atoms with van der Waals surface area (Å²) < 4.78 is 17.3. The lowest BCUT2D eigenvalue weighted by molar-refractivity contribution is -0.153. The second-order valence-corrected chi connectivity index (χ2v) is 3.34. The average molecular weight is 225 g/mol. The highest BCUT2D eigenvalue weighted by Gasteiger charge is 2.14. The second-order valence-electron chi connectivity index (χ2n) is 3.34. The van der Waals surface area contributed by atoms with E-state index >= 15 is 0 Å². The molecule has 1 aromatic rings. The van der Waals surface area contributed by atoms with Crippen molar-refractivity contribution in [3.8, 4) is 0 Å². The van der Waals surface area contributed by atoms with E-state index in [0.29, 0.717) is 5.56 Å². The average Bonchev–Trinajstić information content (AvgIpc) is 2.21. The van der Waals surface area contributed by atoms with Gasteiger partial charge in [0.2, 0.25) is 0 Å². The van der Waals surface area contributed by atoms with Gasteiger partial charge in [-0.1, -0.05) is 12.1 Å². The molecule has 4 nitrogen and oxygen atoms in total. The van der Waals surface area contributed by atoms with Crippen LogP contribution in [0.4, 0.5) is 4.39 Å². The van der Waals surface area contributed by atoms with Crippen LogP contribution in [0, 0.1) is 5.82 Å². The lowest BCUT2D eigenvalue weighted by atomic mass is 10.1. The zero-order valence-electron chi connectivity index (χ0n) is 8.77. The summed E-state index contributed by atoms with van der Waals surface area (Å²) in [5.41, 5.74) is 5.55. The molecule has 1 amide bonds. The molecule has 0 aliphatic carbocycles. The third-order valence-corrected chi connectivity index (χ3v) is 1.97. The summed E-state index contributed by atoms with van der Waals surface area (Å²) in [5.74, 6) is -1.65. The summed E-state index contributed by atoms with van der Waals surface area (Å²) in [6.45, 7) is 1.39. The Morgan fingerprint density at radius 3 is 2.44 bits per heavy atom. The van der Waals surface area contributed by atoms with Crippen molar-refractivity contribution in [1.29, 1.82) is 0 Å². The Morgan fingerprint density at radius 2 is 1.94 bits per heavy atom. The Hall–Kier alpha value is -1.91. The van der Waals surface area contributed by atoms with Crippen LogP contribution >= 0.6 is 0 Å². The molecule has 2 N–H and O–H groups in total. The van der Waals surface area contributed by atoms with Gasteiger partial charge in [-0.05, 0) is 24.6 Å².